The number of hydrogen-bond donors (Lipinski definition) is 1. The van der Waals surface area contributed by atoms with Crippen molar-refractivity contribution in [2.75, 3.05) is 0 Å². The summed E-state index contributed by atoms with van der Waals surface area (Å²) in [7, 11) is 0. The average Bonchev–Trinajstić information content (AvgIpc) is 2.36. The summed E-state index contributed by atoms with van der Waals surface area (Å²) in [6.45, 7) is 17.3. The summed E-state index contributed by atoms with van der Waals surface area (Å²) in [6.07, 6.45) is 5.01. The molecule has 3 heteroatoms. The lowest BCUT2D eigenvalue weighted by atomic mass is 9.94. The van der Waals surface area contributed by atoms with Crippen LogP contribution in [0.2, 0.25) is 0 Å². The van der Waals surface area contributed by atoms with E-state index < -0.39 is 11.7 Å². The fourth-order valence-electron chi connectivity index (χ4n) is 1.43. The first-order chi connectivity index (χ1) is 8.51. The second-order valence-electron chi connectivity index (χ2n) is 3.56. The number of alkyl carbamates (subject to hydrolysis) is 1. The summed E-state index contributed by atoms with van der Waals surface area (Å²) in [5.41, 5.74) is 1.04. The van der Waals surface area contributed by atoms with Crippen LogP contribution in [0.3, 0.4) is 0 Å². The fourth-order valence-corrected chi connectivity index (χ4v) is 1.43. The molecule has 0 radical (unpaired) electrons. The molecule has 0 aliphatic carbocycles. The van der Waals surface area contributed by atoms with E-state index in [2.05, 4.69) is 11.9 Å². The smallest absolute Gasteiger partial charge is 0.412 e. The molecule has 0 aromatic carbocycles. The molecule has 1 amide bonds. The Morgan fingerprint density at radius 2 is 1.72 bits per heavy atom. The van der Waals surface area contributed by atoms with Crippen LogP contribution in [0, 0.1) is 0 Å². The number of rotatable bonds is 2. The molecule has 1 rings (SSSR count). The van der Waals surface area contributed by atoms with Gasteiger partial charge >= 0.3 is 6.09 Å². The van der Waals surface area contributed by atoms with Gasteiger partial charge in [0.25, 0.3) is 0 Å². The van der Waals surface area contributed by atoms with Crippen LogP contribution < -0.4 is 5.32 Å². The Morgan fingerprint density at radius 3 is 2.11 bits per heavy atom. The van der Waals surface area contributed by atoms with E-state index in [4.69, 9.17) is 4.74 Å². The quantitative estimate of drug-likeness (QED) is 0.782. The molecule has 0 saturated heterocycles. The molecule has 0 saturated carbocycles. The Bertz CT molecular complexity index is 325. The van der Waals surface area contributed by atoms with Crippen molar-refractivity contribution in [2.24, 2.45) is 0 Å². The van der Waals surface area contributed by atoms with Crippen molar-refractivity contribution in [1.29, 1.82) is 0 Å². The van der Waals surface area contributed by atoms with E-state index in [1.807, 2.05) is 60.6 Å². The predicted octanol–water partition coefficient (Wildman–Crippen LogP) is 4.57. The zero-order valence-corrected chi connectivity index (χ0v) is 12.8. The number of carbonyl (C=O) groups is 1. The average molecular weight is 253 g/mol. The normalized spacial score (nSPS) is 16.7. The van der Waals surface area contributed by atoms with Gasteiger partial charge in [0, 0.05) is 5.57 Å². The minimum atomic E-state index is -0.599. The summed E-state index contributed by atoms with van der Waals surface area (Å²) in [6, 6.07) is 0. The first kappa shape index (κ1) is 18.8. The second-order valence-corrected chi connectivity index (χ2v) is 3.56. The van der Waals surface area contributed by atoms with Gasteiger partial charge in [0.15, 0.2) is 0 Å². The lowest BCUT2D eigenvalue weighted by Crippen LogP contribution is -2.42. The maximum Gasteiger partial charge on any atom is 0.412 e. The van der Waals surface area contributed by atoms with Gasteiger partial charge in [0.05, 0.1) is 5.70 Å². The number of ether oxygens (including phenoxy) is 1. The Balaban J connectivity index is 0. The van der Waals surface area contributed by atoms with Crippen LogP contribution in [-0.4, -0.2) is 11.7 Å². The minimum Gasteiger partial charge on any atom is -0.438 e. The second kappa shape index (κ2) is 9.51. The van der Waals surface area contributed by atoms with Crippen LogP contribution in [0.25, 0.3) is 0 Å². The number of cyclic esters (lactones) is 1. The van der Waals surface area contributed by atoms with E-state index in [1.165, 1.54) is 0 Å². The molecule has 104 valence electrons. The van der Waals surface area contributed by atoms with Crippen LogP contribution in [-0.2, 0) is 4.74 Å². The van der Waals surface area contributed by atoms with Crippen molar-refractivity contribution >= 4 is 6.09 Å². The zero-order valence-electron chi connectivity index (χ0n) is 12.8. The Morgan fingerprint density at radius 1 is 1.22 bits per heavy atom. The van der Waals surface area contributed by atoms with E-state index in [0.29, 0.717) is 5.70 Å². The van der Waals surface area contributed by atoms with Gasteiger partial charge in [-0.15, -0.1) is 0 Å². The molecular formula is C15H27NO2. The molecule has 0 bridgehead atoms. The number of hydrogen-bond acceptors (Lipinski definition) is 2. The summed E-state index contributed by atoms with van der Waals surface area (Å²) in [5, 5.41) is 2.61. The van der Waals surface area contributed by atoms with Crippen molar-refractivity contribution in [3.63, 3.8) is 0 Å². The van der Waals surface area contributed by atoms with E-state index >= 15 is 0 Å². The van der Waals surface area contributed by atoms with Crippen LogP contribution in [0.4, 0.5) is 4.79 Å². The van der Waals surface area contributed by atoms with Crippen molar-refractivity contribution < 1.29 is 9.53 Å². The predicted molar refractivity (Wildman–Crippen MR) is 78.4 cm³/mol. The lowest BCUT2D eigenvalue weighted by molar-refractivity contribution is 0.0600. The number of allylic oxidation sites excluding steroid dienone is 2. The first-order valence-electron chi connectivity index (χ1n) is 6.51. The van der Waals surface area contributed by atoms with Crippen molar-refractivity contribution in [2.45, 2.75) is 54.1 Å². The van der Waals surface area contributed by atoms with E-state index in [-0.39, 0.29) is 0 Å². The molecule has 1 heterocycles. The molecule has 1 aliphatic rings. The van der Waals surface area contributed by atoms with Crippen LogP contribution >= 0.6 is 0 Å². The summed E-state index contributed by atoms with van der Waals surface area (Å²) >= 11 is 0. The number of amides is 1. The third kappa shape index (κ3) is 5.21. The maximum absolute atomic E-state index is 11.2. The standard InChI is InChI=1S/C11H15NO2.2C2H6/c1-5-7-8-9(6-2)12-10(13)14-11(8,3)4;2*1-2/h5-7H,2H2,1,3-4H3,(H,12,13);2*1-2H3/b7-5-;;. The summed E-state index contributed by atoms with van der Waals surface area (Å²) in [4.78, 5) is 11.2. The van der Waals surface area contributed by atoms with Crippen molar-refractivity contribution in [1.82, 2.24) is 5.32 Å². The molecule has 0 aromatic heterocycles. The minimum absolute atomic E-state index is 0.432. The van der Waals surface area contributed by atoms with Gasteiger partial charge in [-0.25, -0.2) is 4.79 Å². The fraction of sp³-hybridized carbons (Fsp3) is 0.533. The molecule has 0 spiro atoms. The monoisotopic (exact) mass is 253 g/mol. The van der Waals surface area contributed by atoms with Crippen molar-refractivity contribution in [3.8, 4) is 0 Å². The molecule has 0 unspecified atom stereocenters. The number of nitrogens with one attached hydrogen (secondary N) is 1. The third-order valence-corrected chi connectivity index (χ3v) is 2.06. The van der Waals surface area contributed by atoms with Gasteiger partial charge in [-0.2, -0.15) is 0 Å². The van der Waals surface area contributed by atoms with Crippen LogP contribution in [0.15, 0.2) is 36.1 Å². The lowest BCUT2D eigenvalue weighted by Gasteiger charge is -2.32. The molecule has 1 aliphatic heterocycles. The highest BCUT2D eigenvalue weighted by atomic mass is 16.6. The van der Waals surface area contributed by atoms with Gasteiger partial charge in [0.1, 0.15) is 5.60 Å². The Hall–Kier alpha value is -1.51. The van der Waals surface area contributed by atoms with Crippen molar-refractivity contribution in [3.05, 3.63) is 36.1 Å². The van der Waals surface area contributed by atoms with Gasteiger partial charge in [0.2, 0.25) is 0 Å². The molecule has 0 atom stereocenters. The largest absolute Gasteiger partial charge is 0.438 e. The highest BCUT2D eigenvalue weighted by Gasteiger charge is 2.33. The van der Waals surface area contributed by atoms with Crippen LogP contribution in [0.5, 0.6) is 0 Å². The molecule has 0 fully saturated rings. The van der Waals surface area contributed by atoms with Gasteiger partial charge in [-0.3, -0.25) is 5.32 Å². The van der Waals surface area contributed by atoms with Gasteiger partial charge < -0.3 is 4.74 Å². The summed E-state index contributed by atoms with van der Waals surface area (Å²) in [5.74, 6) is 0. The molecule has 3 nitrogen and oxygen atoms in total. The highest BCUT2D eigenvalue weighted by Crippen LogP contribution is 2.28. The van der Waals surface area contributed by atoms with Gasteiger partial charge in [-0.05, 0) is 26.8 Å². The Labute approximate surface area is 112 Å². The molecule has 1 N–H and O–H groups in total. The topological polar surface area (TPSA) is 38.3 Å². The van der Waals surface area contributed by atoms with E-state index in [9.17, 15) is 4.79 Å². The van der Waals surface area contributed by atoms with Gasteiger partial charge in [-0.1, -0.05) is 46.4 Å². The first-order valence-corrected chi connectivity index (χ1v) is 6.51. The molecule has 0 aromatic rings. The third-order valence-electron chi connectivity index (χ3n) is 2.06. The highest BCUT2D eigenvalue weighted by molar-refractivity contribution is 5.74. The molecule has 18 heavy (non-hydrogen) atoms. The maximum atomic E-state index is 11.2. The molecular weight excluding hydrogens is 226 g/mol. The van der Waals surface area contributed by atoms with E-state index in [0.717, 1.165) is 5.57 Å². The zero-order chi connectivity index (χ0) is 14.8. The summed E-state index contributed by atoms with van der Waals surface area (Å²) < 4.78 is 5.16. The Kier molecular flexibility index (Phi) is 9.96. The van der Waals surface area contributed by atoms with E-state index in [1.54, 1.807) is 6.08 Å². The SMILES string of the molecule is C=CC1=C(/C=C\C)C(C)(C)OC(=O)N1.CC.CC. The number of carbonyl (C=O) groups excluding carboxylic acids is 1. The van der Waals surface area contributed by atoms with Crippen LogP contribution in [0.1, 0.15) is 48.5 Å².